The summed E-state index contributed by atoms with van der Waals surface area (Å²) in [6.07, 6.45) is 0. The van der Waals surface area contributed by atoms with Crippen LogP contribution in [-0.2, 0) is 20.8 Å². The molecule has 4 N–H and O–H groups in total. The first-order valence-corrected chi connectivity index (χ1v) is 4.00. The van der Waals surface area contributed by atoms with Crippen LogP contribution in [0.5, 0.6) is 0 Å². The fourth-order valence-electron chi connectivity index (χ4n) is 0. The predicted octanol–water partition coefficient (Wildman–Crippen LogP) is -10.7. The Kier molecular flexibility index (Phi) is 57.1. The third-order valence-electron chi connectivity index (χ3n) is 0. The van der Waals surface area contributed by atoms with Gasteiger partial charge >= 0.3 is 126 Å². The minimum atomic E-state index is -5.17. The fourth-order valence-corrected chi connectivity index (χ4v) is 0. The van der Waals surface area contributed by atoms with E-state index >= 15 is 0 Å². The van der Waals surface area contributed by atoms with E-state index in [2.05, 4.69) is 0 Å². The fraction of sp³-hybridized carbons (Fsp3) is 0. The summed E-state index contributed by atoms with van der Waals surface area (Å²) in [5, 5.41) is 0. The molecule has 0 aliphatic heterocycles. The smallest absolute Gasteiger partial charge is 0.759 e. The van der Waals surface area contributed by atoms with E-state index in [4.69, 9.17) is 35.0 Å². The number of rotatable bonds is 0. The normalized spacial score (nSPS) is 7.73. The van der Waals surface area contributed by atoms with E-state index in [1.165, 1.54) is 0 Å². The second-order valence-corrected chi connectivity index (χ2v) is 2.45. The van der Waals surface area contributed by atoms with Crippen molar-refractivity contribution in [2.75, 3.05) is 0 Å². The Balaban J connectivity index is -0.0000000128. The molecule has 15 heteroatoms. The zero-order valence-corrected chi connectivity index (χ0v) is 17.1. The van der Waals surface area contributed by atoms with Gasteiger partial charge in [-0.3, -0.25) is 16.8 Å². The second kappa shape index (κ2) is 20.0. The minimum absolute atomic E-state index is 0. The Bertz CT molecular complexity index is 218. The van der Waals surface area contributed by atoms with E-state index in [0.717, 1.165) is 0 Å². The maximum atomic E-state index is 8.52. The van der Waals surface area contributed by atoms with E-state index < -0.39 is 20.8 Å². The molecular weight excluding hydrogens is 327 g/mol. The maximum absolute atomic E-state index is 8.52. The van der Waals surface area contributed by atoms with Crippen LogP contribution in [0.3, 0.4) is 0 Å². The van der Waals surface area contributed by atoms with Gasteiger partial charge in [-0.2, -0.15) is 0 Å². The van der Waals surface area contributed by atoms with Crippen LogP contribution in [0.2, 0.25) is 0 Å². The summed E-state index contributed by atoms with van der Waals surface area (Å²) in [6, 6.07) is 0. The van der Waals surface area contributed by atoms with Crippen LogP contribution in [0.25, 0.3) is 0 Å². The maximum Gasteiger partial charge on any atom is 2.00 e. The Labute approximate surface area is 188 Å². The van der Waals surface area contributed by atoms with Crippen molar-refractivity contribution in [1.29, 1.82) is 0 Å². The van der Waals surface area contributed by atoms with Gasteiger partial charge in [-0.25, -0.2) is 0 Å². The van der Waals surface area contributed by atoms with Crippen molar-refractivity contribution >= 4 is 43.9 Å². The number of hydrogen-bond donors (Lipinski definition) is 0. The van der Waals surface area contributed by atoms with Gasteiger partial charge in [0.25, 0.3) is 0 Å². The topological polar surface area (TPSA) is 224 Å². The van der Waals surface area contributed by atoms with Crippen LogP contribution in [-0.4, -0.2) is 69.1 Å². The Morgan fingerprint density at radius 2 is 0.600 bits per heavy atom. The SMILES string of the molecule is O.O.O=S(=O)([O-])[O-].O=S(=O)([O-])[O-].[K+].[K+].[Mg+2]. The molecule has 80 valence electrons. The molecule has 0 aliphatic carbocycles. The van der Waals surface area contributed by atoms with E-state index in [1.807, 2.05) is 0 Å². The summed E-state index contributed by atoms with van der Waals surface area (Å²) in [4.78, 5) is 0. The molecule has 0 aliphatic rings. The summed E-state index contributed by atoms with van der Waals surface area (Å²) in [5.41, 5.74) is 0. The number of hydrogen-bond acceptors (Lipinski definition) is 8. The first-order chi connectivity index (χ1) is 4.00. The van der Waals surface area contributed by atoms with Gasteiger partial charge in [-0.15, -0.1) is 0 Å². The molecule has 0 radical (unpaired) electrons. The van der Waals surface area contributed by atoms with Gasteiger partial charge in [-0.05, 0) is 0 Å². The molecule has 0 rings (SSSR count). The molecule has 0 amide bonds. The van der Waals surface area contributed by atoms with Crippen LogP contribution in [0, 0.1) is 0 Å². The van der Waals surface area contributed by atoms with Crippen LogP contribution in [0.4, 0.5) is 0 Å². The van der Waals surface area contributed by atoms with Crippen molar-refractivity contribution in [3.8, 4) is 0 Å². The van der Waals surface area contributed by atoms with Crippen LogP contribution in [0.1, 0.15) is 0 Å². The van der Waals surface area contributed by atoms with Crippen molar-refractivity contribution < 1.29 is 149 Å². The van der Waals surface area contributed by atoms with Gasteiger partial charge in [-0.1, -0.05) is 0 Å². The van der Waals surface area contributed by atoms with Gasteiger partial charge in [0, 0.05) is 20.8 Å². The van der Waals surface area contributed by atoms with Gasteiger partial charge in [0.05, 0.1) is 0 Å². The predicted molar refractivity (Wildman–Crippen MR) is 33.9 cm³/mol. The first-order valence-electron chi connectivity index (χ1n) is 1.33. The van der Waals surface area contributed by atoms with Crippen molar-refractivity contribution in [2.45, 2.75) is 0 Å². The molecular formula is H4K2MgO10S2. The molecule has 0 atom stereocenters. The molecule has 10 nitrogen and oxygen atoms in total. The summed E-state index contributed by atoms with van der Waals surface area (Å²) in [5.74, 6) is 0. The van der Waals surface area contributed by atoms with Crippen molar-refractivity contribution in [3.63, 3.8) is 0 Å². The first kappa shape index (κ1) is 42.8. The zero-order valence-electron chi connectivity index (χ0n) is 7.79. The quantitative estimate of drug-likeness (QED) is 0.235. The summed E-state index contributed by atoms with van der Waals surface area (Å²) < 4.78 is 68.2. The zero-order chi connectivity index (χ0) is 9.00. The molecule has 15 heavy (non-hydrogen) atoms. The van der Waals surface area contributed by atoms with Crippen molar-refractivity contribution in [2.24, 2.45) is 0 Å². The molecule has 0 aromatic heterocycles. The standard InChI is InChI=1S/2K.Mg.2H2O4S.2H2O/c;;;2*1-5(2,3)4;;/h;;;2*(H2,1,2,3,4);2*1H2/q2*+1;+2;;;;/p-4. The molecule has 0 bridgehead atoms. The molecule has 0 unspecified atom stereocenters. The van der Waals surface area contributed by atoms with Crippen LogP contribution in [0.15, 0.2) is 0 Å². The monoisotopic (exact) mass is 330 g/mol. The van der Waals surface area contributed by atoms with E-state index in [-0.39, 0.29) is 137 Å². The van der Waals surface area contributed by atoms with Crippen molar-refractivity contribution in [1.82, 2.24) is 0 Å². The van der Waals surface area contributed by atoms with E-state index in [0.29, 0.717) is 0 Å². The third kappa shape index (κ3) is 319. The summed E-state index contributed by atoms with van der Waals surface area (Å²) >= 11 is 0. The third-order valence-corrected chi connectivity index (χ3v) is 0. The van der Waals surface area contributed by atoms with Crippen molar-refractivity contribution in [3.05, 3.63) is 0 Å². The molecule has 0 fully saturated rings. The summed E-state index contributed by atoms with van der Waals surface area (Å²) in [6.45, 7) is 0. The Morgan fingerprint density at radius 1 is 0.600 bits per heavy atom. The molecule has 0 saturated heterocycles. The van der Waals surface area contributed by atoms with Crippen LogP contribution < -0.4 is 103 Å². The Morgan fingerprint density at radius 3 is 0.600 bits per heavy atom. The second-order valence-electron chi connectivity index (χ2n) is 0.816. The van der Waals surface area contributed by atoms with Gasteiger partial charge < -0.3 is 29.2 Å². The average Bonchev–Trinajstić information content (AvgIpc) is 1.12. The van der Waals surface area contributed by atoms with Gasteiger partial charge in [0.2, 0.25) is 0 Å². The molecule has 0 aromatic carbocycles. The Hall–Kier alpha value is 3.70. The van der Waals surface area contributed by atoms with Gasteiger partial charge in [0.15, 0.2) is 0 Å². The minimum Gasteiger partial charge on any atom is -0.759 e. The molecule has 0 heterocycles. The molecule has 0 saturated carbocycles. The van der Waals surface area contributed by atoms with Gasteiger partial charge in [0.1, 0.15) is 0 Å². The summed E-state index contributed by atoms with van der Waals surface area (Å²) in [7, 11) is -10.3. The van der Waals surface area contributed by atoms with E-state index in [1.54, 1.807) is 0 Å². The van der Waals surface area contributed by atoms with E-state index in [9.17, 15) is 0 Å². The molecule has 0 aromatic rings. The largest absolute Gasteiger partial charge is 2.00 e. The van der Waals surface area contributed by atoms with Crippen LogP contribution >= 0.6 is 0 Å². The molecule has 0 spiro atoms. The average molecular weight is 331 g/mol.